The predicted octanol–water partition coefficient (Wildman–Crippen LogP) is 1.77. The third-order valence-electron chi connectivity index (χ3n) is 4.75. The minimum atomic E-state index is -0.554. The van der Waals surface area contributed by atoms with Crippen LogP contribution in [0.3, 0.4) is 0 Å². The molecule has 0 unspecified atom stereocenters. The number of hydrogen-bond donors (Lipinski definition) is 2. The first-order valence-corrected chi connectivity index (χ1v) is 8.62. The van der Waals surface area contributed by atoms with E-state index in [0.29, 0.717) is 31.6 Å². The number of carbonyl (C=O) groups excluding carboxylic acids is 2. The van der Waals surface area contributed by atoms with E-state index < -0.39 is 11.9 Å². The van der Waals surface area contributed by atoms with Gasteiger partial charge in [0, 0.05) is 25.6 Å². The van der Waals surface area contributed by atoms with E-state index in [1.54, 1.807) is 17.0 Å². The summed E-state index contributed by atoms with van der Waals surface area (Å²) in [4.78, 5) is 25.9. The number of benzene rings is 1. The number of hydrogen-bond acceptors (Lipinski definition) is 4. The van der Waals surface area contributed by atoms with Crippen LogP contribution in [-0.2, 0) is 9.59 Å². The maximum Gasteiger partial charge on any atom is 0.245 e. The molecule has 2 aliphatic heterocycles. The van der Waals surface area contributed by atoms with E-state index in [0.717, 1.165) is 19.3 Å². The van der Waals surface area contributed by atoms with E-state index in [1.807, 2.05) is 6.07 Å². The third-order valence-corrected chi connectivity index (χ3v) is 4.75. The van der Waals surface area contributed by atoms with Gasteiger partial charge < -0.3 is 15.5 Å². The molecule has 2 saturated heterocycles. The molecule has 7 heteroatoms. The molecular weight excluding hydrogens is 323 g/mol. The van der Waals surface area contributed by atoms with Crippen LogP contribution in [0.4, 0.5) is 10.1 Å². The van der Waals surface area contributed by atoms with Crippen molar-refractivity contribution in [2.24, 2.45) is 0 Å². The zero-order valence-corrected chi connectivity index (χ0v) is 13.9. The Hall–Kier alpha value is -2.62. The van der Waals surface area contributed by atoms with Crippen molar-refractivity contribution in [2.75, 3.05) is 18.4 Å². The molecule has 2 atom stereocenters. The Bertz CT molecular complexity index is 716. The number of piperidine rings is 2. The third kappa shape index (κ3) is 3.90. The molecule has 0 bridgehead atoms. The molecule has 1 aromatic carbocycles. The number of carbonyl (C=O) groups is 2. The van der Waals surface area contributed by atoms with E-state index in [9.17, 15) is 14.0 Å². The van der Waals surface area contributed by atoms with Gasteiger partial charge in [0.2, 0.25) is 11.8 Å². The van der Waals surface area contributed by atoms with Crippen molar-refractivity contribution in [3.8, 4) is 6.07 Å². The van der Waals surface area contributed by atoms with Crippen molar-refractivity contribution in [1.82, 2.24) is 10.2 Å². The SMILES string of the molecule is N#Cc1c(F)cccc1N[C@@H]1CCCN(C(=O)[C@H]2CCCC(=O)N2)C1. The van der Waals surface area contributed by atoms with Gasteiger partial charge in [-0.2, -0.15) is 5.26 Å². The van der Waals surface area contributed by atoms with Gasteiger partial charge >= 0.3 is 0 Å². The summed E-state index contributed by atoms with van der Waals surface area (Å²) in [6, 6.07) is 5.87. The molecule has 0 radical (unpaired) electrons. The zero-order valence-electron chi connectivity index (χ0n) is 13.9. The summed E-state index contributed by atoms with van der Waals surface area (Å²) in [6.45, 7) is 1.13. The summed E-state index contributed by atoms with van der Waals surface area (Å²) in [6.07, 6.45) is 3.53. The van der Waals surface area contributed by atoms with Gasteiger partial charge in [0.25, 0.3) is 0 Å². The van der Waals surface area contributed by atoms with Crippen molar-refractivity contribution in [3.05, 3.63) is 29.6 Å². The van der Waals surface area contributed by atoms with Gasteiger partial charge in [-0.3, -0.25) is 9.59 Å². The number of rotatable bonds is 3. The highest BCUT2D eigenvalue weighted by Crippen LogP contribution is 2.22. The Morgan fingerprint density at radius 1 is 1.36 bits per heavy atom. The van der Waals surface area contributed by atoms with Crippen LogP contribution in [0.5, 0.6) is 0 Å². The highest BCUT2D eigenvalue weighted by atomic mass is 19.1. The molecule has 0 aromatic heterocycles. The lowest BCUT2D eigenvalue weighted by Gasteiger charge is -2.36. The van der Waals surface area contributed by atoms with Gasteiger partial charge in [0.05, 0.1) is 5.69 Å². The maximum atomic E-state index is 13.7. The Morgan fingerprint density at radius 3 is 2.96 bits per heavy atom. The van der Waals surface area contributed by atoms with Crippen LogP contribution in [0.1, 0.15) is 37.7 Å². The molecule has 0 aliphatic carbocycles. The van der Waals surface area contributed by atoms with E-state index in [4.69, 9.17) is 5.26 Å². The van der Waals surface area contributed by atoms with Crippen LogP contribution in [0.15, 0.2) is 18.2 Å². The van der Waals surface area contributed by atoms with Crippen LogP contribution in [0.25, 0.3) is 0 Å². The van der Waals surface area contributed by atoms with E-state index in [-0.39, 0.29) is 23.4 Å². The quantitative estimate of drug-likeness (QED) is 0.875. The van der Waals surface area contributed by atoms with Gasteiger partial charge in [0.1, 0.15) is 23.5 Å². The molecule has 0 spiro atoms. The lowest BCUT2D eigenvalue weighted by atomic mass is 10.00. The van der Waals surface area contributed by atoms with Crippen LogP contribution < -0.4 is 10.6 Å². The summed E-state index contributed by atoms with van der Waals surface area (Å²) in [5.74, 6) is -0.685. The molecule has 1 aromatic rings. The molecular formula is C18H21FN4O2. The highest BCUT2D eigenvalue weighted by Gasteiger charge is 2.31. The standard InChI is InChI=1S/C18H21FN4O2/c19-14-5-1-6-15(13(14)10-20)21-12-4-3-9-23(11-12)18(25)16-7-2-8-17(24)22-16/h1,5-6,12,16,21H,2-4,7-9,11H2,(H,22,24)/t12-,16-/m1/s1. The van der Waals surface area contributed by atoms with Gasteiger partial charge in [-0.05, 0) is 37.8 Å². The molecule has 2 aliphatic rings. The summed E-state index contributed by atoms with van der Waals surface area (Å²) in [5.41, 5.74) is 0.443. The second-order valence-electron chi connectivity index (χ2n) is 6.55. The smallest absolute Gasteiger partial charge is 0.245 e. The van der Waals surface area contributed by atoms with Crippen LogP contribution >= 0.6 is 0 Å². The monoisotopic (exact) mass is 344 g/mol. The van der Waals surface area contributed by atoms with Crippen molar-refractivity contribution < 1.29 is 14.0 Å². The summed E-state index contributed by atoms with van der Waals surface area (Å²) >= 11 is 0. The second-order valence-corrected chi connectivity index (χ2v) is 6.55. The fourth-order valence-corrected chi connectivity index (χ4v) is 3.48. The fraction of sp³-hybridized carbons (Fsp3) is 0.500. The van der Waals surface area contributed by atoms with E-state index >= 15 is 0 Å². The van der Waals surface area contributed by atoms with Gasteiger partial charge in [-0.15, -0.1) is 0 Å². The Kier molecular flexibility index (Phi) is 5.17. The van der Waals surface area contributed by atoms with Crippen molar-refractivity contribution in [2.45, 2.75) is 44.2 Å². The van der Waals surface area contributed by atoms with Crippen molar-refractivity contribution in [3.63, 3.8) is 0 Å². The van der Waals surface area contributed by atoms with Gasteiger partial charge in [-0.25, -0.2) is 4.39 Å². The van der Waals surface area contributed by atoms with Gasteiger partial charge in [0.15, 0.2) is 0 Å². The van der Waals surface area contributed by atoms with E-state index in [1.165, 1.54) is 6.07 Å². The lowest BCUT2D eigenvalue weighted by molar-refractivity contribution is -0.138. The van der Waals surface area contributed by atoms with Crippen LogP contribution in [0, 0.1) is 17.1 Å². The minimum absolute atomic E-state index is 0.00880. The molecule has 6 nitrogen and oxygen atoms in total. The average Bonchev–Trinajstić information content (AvgIpc) is 2.61. The molecule has 2 fully saturated rings. The van der Waals surface area contributed by atoms with Crippen LogP contribution in [0.2, 0.25) is 0 Å². The normalized spacial score (nSPS) is 23.5. The molecule has 132 valence electrons. The minimum Gasteiger partial charge on any atom is -0.379 e. The predicted molar refractivity (Wildman–Crippen MR) is 90.1 cm³/mol. The number of anilines is 1. The summed E-state index contributed by atoms with van der Waals surface area (Å²) < 4.78 is 13.7. The number of halogens is 1. The van der Waals surface area contributed by atoms with Crippen LogP contribution in [-0.4, -0.2) is 41.9 Å². The maximum absolute atomic E-state index is 13.7. The molecule has 2 amide bonds. The second kappa shape index (κ2) is 7.51. The molecule has 3 rings (SSSR count). The number of nitrogens with zero attached hydrogens (tertiary/aromatic N) is 2. The van der Waals surface area contributed by atoms with Gasteiger partial charge in [-0.1, -0.05) is 6.07 Å². The molecule has 2 N–H and O–H groups in total. The number of likely N-dealkylation sites (tertiary alicyclic amines) is 1. The zero-order chi connectivity index (χ0) is 17.8. The first-order chi connectivity index (χ1) is 12.1. The summed E-state index contributed by atoms with van der Waals surface area (Å²) in [7, 11) is 0. The topological polar surface area (TPSA) is 85.2 Å². The average molecular weight is 344 g/mol. The van der Waals surface area contributed by atoms with E-state index in [2.05, 4.69) is 10.6 Å². The Labute approximate surface area is 146 Å². The van der Waals surface area contributed by atoms with Crippen molar-refractivity contribution in [1.29, 1.82) is 5.26 Å². The molecule has 0 saturated carbocycles. The Morgan fingerprint density at radius 2 is 2.20 bits per heavy atom. The first kappa shape index (κ1) is 17.2. The number of nitrogens with one attached hydrogen (secondary N) is 2. The Balaban J connectivity index is 1.65. The van der Waals surface area contributed by atoms with Crippen molar-refractivity contribution >= 4 is 17.5 Å². The first-order valence-electron chi connectivity index (χ1n) is 8.62. The lowest BCUT2D eigenvalue weighted by Crippen LogP contribution is -2.54. The largest absolute Gasteiger partial charge is 0.379 e. The molecule has 25 heavy (non-hydrogen) atoms. The number of nitriles is 1. The highest BCUT2D eigenvalue weighted by molar-refractivity contribution is 5.88. The fourth-order valence-electron chi connectivity index (χ4n) is 3.48. The summed E-state index contributed by atoms with van der Waals surface area (Å²) in [5, 5.41) is 15.1. The number of amides is 2. The molecule has 2 heterocycles.